The fraction of sp³-hybridized carbons (Fsp3) is 0.500. The van der Waals surface area contributed by atoms with Crippen LogP contribution in [0, 0.1) is 11.2 Å². The van der Waals surface area contributed by atoms with E-state index in [-0.39, 0.29) is 32.6 Å². The number of sulfonamides is 1. The number of hydrogen-bond donors (Lipinski definition) is 1. The summed E-state index contributed by atoms with van der Waals surface area (Å²) in [5.74, 6) is -0.736. The summed E-state index contributed by atoms with van der Waals surface area (Å²) in [6.07, 6.45) is 1.36. The molecule has 1 aliphatic heterocycles. The number of nitrogens with zero attached hydrogens (tertiary/aromatic N) is 1. The van der Waals surface area contributed by atoms with E-state index in [2.05, 4.69) is 20.7 Å². The Morgan fingerprint density at radius 2 is 2.09 bits per heavy atom. The van der Waals surface area contributed by atoms with Crippen LogP contribution >= 0.6 is 27.5 Å². The zero-order chi connectivity index (χ0) is 16.8. The first-order valence-corrected chi connectivity index (χ1v) is 9.87. The average Bonchev–Trinajstić information content (AvgIpc) is 2.42. The second-order valence-electron chi connectivity index (χ2n) is 6.19. The zero-order valence-electron chi connectivity index (χ0n) is 12.1. The van der Waals surface area contributed by atoms with Gasteiger partial charge in [-0.15, -0.1) is 11.6 Å². The molecule has 1 aromatic carbocycles. The summed E-state index contributed by atoms with van der Waals surface area (Å²) in [7, 11) is -3.74. The van der Waals surface area contributed by atoms with Crippen LogP contribution < -0.4 is 4.72 Å². The molecule has 1 aromatic rings. The fourth-order valence-corrected chi connectivity index (χ4v) is 4.95. The summed E-state index contributed by atoms with van der Waals surface area (Å²) in [5.41, 5.74) is 0.0138. The van der Waals surface area contributed by atoms with E-state index >= 15 is 0 Å². The van der Waals surface area contributed by atoms with Crippen molar-refractivity contribution in [2.45, 2.75) is 23.8 Å². The Labute approximate surface area is 147 Å². The molecule has 126 valence electrons. The average molecular weight is 426 g/mol. The van der Waals surface area contributed by atoms with Crippen LogP contribution in [0.5, 0.6) is 0 Å². The highest BCUT2D eigenvalue weighted by Gasteiger charge is 2.54. The summed E-state index contributed by atoms with van der Waals surface area (Å²) in [6, 6.07) is 3.53. The number of carbonyl (C=O) groups excluding carboxylic acids is 1. The Balaban J connectivity index is 1.57. The van der Waals surface area contributed by atoms with Crippen molar-refractivity contribution < 1.29 is 17.6 Å². The van der Waals surface area contributed by atoms with E-state index in [0.29, 0.717) is 25.9 Å². The van der Waals surface area contributed by atoms with Crippen molar-refractivity contribution in [2.75, 3.05) is 19.0 Å². The van der Waals surface area contributed by atoms with Crippen LogP contribution in [0.3, 0.4) is 0 Å². The van der Waals surface area contributed by atoms with Crippen molar-refractivity contribution in [3.05, 3.63) is 28.5 Å². The van der Waals surface area contributed by atoms with Crippen LogP contribution in [0.4, 0.5) is 4.39 Å². The maximum absolute atomic E-state index is 13.5. The van der Waals surface area contributed by atoms with E-state index in [1.165, 1.54) is 12.1 Å². The Morgan fingerprint density at radius 1 is 1.43 bits per heavy atom. The van der Waals surface area contributed by atoms with Crippen molar-refractivity contribution in [3.8, 4) is 0 Å². The summed E-state index contributed by atoms with van der Waals surface area (Å²) in [4.78, 5) is 13.0. The fourth-order valence-electron chi connectivity index (χ4n) is 3.28. The van der Waals surface area contributed by atoms with Crippen molar-refractivity contribution in [2.24, 2.45) is 5.41 Å². The number of rotatable bonds is 4. The largest absolute Gasteiger partial charge is 0.340 e. The smallest absolute Gasteiger partial charge is 0.240 e. The first kappa shape index (κ1) is 17.1. The van der Waals surface area contributed by atoms with Crippen LogP contribution in [-0.4, -0.2) is 44.2 Å². The molecule has 23 heavy (non-hydrogen) atoms. The van der Waals surface area contributed by atoms with Crippen molar-refractivity contribution in [1.82, 2.24) is 9.62 Å². The van der Waals surface area contributed by atoms with Gasteiger partial charge in [-0.25, -0.2) is 17.5 Å². The Morgan fingerprint density at radius 3 is 2.65 bits per heavy atom. The zero-order valence-corrected chi connectivity index (χ0v) is 15.2. The van der Waals surface area contributed by atoms with Gasteiger partial charge < -0.3 is 4.90 Å². The van der Waals surface area contributed by atoms with Gasteiger partial charge in [-0.1, -0.05) is 0 Å². The van der Waals surface area contributed by atoms with Gasteiger partial charge in [0.25, 0.3) is 0 Å². The van der Waals surface area contributed by atoms with Crippen LogP contribution in [0.1, 0.15) is 12.8 Å². The molecule has 1 heterocycles. The molecule has 1 saturated carbocycles. The molecule has 1 N–H and O–H groups in total. The molecule has 1 amide bonds. The first-order chi connectivity index (χ1) is 10.7. The number of benzene rings is 1. The van der Waals surface area contributed by atoms with Crippen LogP contribution in [0.15, 0.2) is 27.6 Å². The van der Waals surface area contributed by atoms with Crippen molar-refractivity contribution in [1.29, 1.82) is 0 Å². The van der Waals surface area contributed by atoms with Gasteiger partial charge in [0.15, 0.2) is 0 Å². The molecule has 2 aliphatic rings. The lowest BCUT2D eigenvalue weighted by Crippen LogP contribution is -2.67. The number of hydrogen-bond acceptors (Lipinski definition) is 3. The molecule has 1 spiro atoms. The molecule has 1 saturated heterocycles. The molecular weight excluding hydrogens is 411 g/mol. The molecule has 9 heteroatoms. The molecule has 0 radical (unpaired) electrons. The predicted octanol–water partition coefficient (Wildman–Crippen LogP) is 2.10. The third-order valence-electron chi connectivity index (χ3n) is 4.40. The summed E-state index contributed by atoms with van der Waals surface area (Å²) in [6.45, 7) is 1.26. The van der Waals surface area contributed by atoms with Gasteiger partial charge in [-0.3, -0.25) is 4.79 Å². The van der Waals surface area contributed by atoms with Gasteiger partial charge in [0.1, 0.15) is 11.7 Å². The highest BCUT2D eigenvalue weighted by atomic mass is 79.9. The molecular formula is C14H15BrClFN2O3S. The standard InChI is InChI=1S/C14H15BrClFN2O3S/c15-11-2-1-10(3-12(11)17)23(21,22)18-9-4-14(5-9)7-19(8-14)13(20)6-16/h1-3,9,18H,4-8H2. The normalized spacial score (nSPS) is 20.2. The van der Waals surface area contributed by atoms with Gasteiger partial charge in [-0.2, -0.15) is 0 Å². The minimum atomic E-state index is -3.74. The lowest BCUT2D eigenvalue weighted by atomic mass is 9.61. The first-order valence-electron chi connectivity index (χ1n) is 7.06. The molecule has 0 bridgehead atoms. The Hall–Kier alpha value is -0.700. The van der Waals surface area contributed by atoms with Gasteiger partial charge in [-0.05, 0) is 47.0 Å². The summed E-state index contributed by atoms with van der Waals surface area (Å²) in [5, 5.41) is 0. The molecule has 0 unspecified atom stereocenters. The monoisotopic (exact) mass is 424 g/mol. The third kappa shape index (κ3) is 3.26. The number of nitrogens with one attached hydrogen (secondary N) is 1. The van der Waals surface area contributed by atoms with Gasteiger partial charge >= 0.3 is 0 Å². The van der Waals surface area contributed by atoms with Crippen molar-refractivity contribution in [3.63, 3.8) is 0 Å². The molecule has 0 aromatic heterocycles. The molecule has 0 atom stereocenters. The van der Waals surface area contributed by atoms with Crippen LogP contribution in [0.25, 0.3) is 0 Å². The maximum Gasteiger partial charge on any atom is 0.240 e. The number of amides is 1. The summed E-state index contributed by atoms with van der Waals surface area (Å²) >= 11 is 8.50. The van der Waals surface area contributed by atoms with Crippen LogP contribution in [0.2, 0.25) is 0 Å². The second-order valence-corrected chi connectivity index (χ2v) is 9.02. The predicted molar refractivity (Wildman–Crippen MR) is 87.2 cm³/mol. The Bertz CT molecular complexity index is 744. The van der Waals surface area contributed by atoms with Crippen molar-refractivity contribution >= 4 is 43.5 Å². The quantitative estimate of drug-likeness (QED) is 0.751. The number of alkyl halides is 1. The number of halogens is 3. The highest BCUT2D eigenvalue weighted by molar-refractivity contribution is 9.10. The van der Waals surface area contributed by atoms with Crippen LogP contribution in [-0.2, 0) is 14.8 Å². The third-order valence-corrected chi connectivity index (χ3v) is 6.79. The van der Waals surface area contributed by atoms with E-state index in [9.17, 15) is 17.6 Å². The molecule has 2 fully saturated rings. The Kier molecular flexibility index (Phi) is 4.46. The lowest BCUT2D eigenvalue weighted by Gasteiger charge is -2.58. The van der Waals surface area contributed by atoms with E-state index < -0.39 is 15.8 Å². The topological polar surface area (TPSA) is 66.5 Å². The maximum atomic E-state index is 13.5. The number of likely N-dealkylation sites (tertiary alicyclic amines) is 1. The SMILES string of the molecule is O=C(CCl)N1CC2(CC(NS(=O)(=O)c3ccc(Br)c(F)c3)C2)C1. The minimum absolute atomic E-state index is 0.0138. The number of carbonyl (C=O) groups is 1. The second kappa shape index (κ2) is 5.98. The molecule has 1 aliphatic carbocycles. The van der Waals surface area contributed by atoms with E-state index in [1.807, 2.05) is 0 Å². The van der Waals surface area contributed by atoms with E-state index in [0.717, 1.165) is 6.07 Å². The van der Waals surface area contributed by atoms with E-state index in [4.69, 9.17) is 11.6 Å². The molecule has 3 rings (SSSR count). The van der Waals surface area contributed by atoms with Gasteiger partial charge in [0.2, 0.25) is 15.9 Å². The lowest BCUT2D eigenvalue weighted by molar-refractivity contribution is -0.148. The van der Waals surface area contributed by atoms with Gasteiger partial charge in [0, 0.05) is 24.5 Å². The summed E-state index contributed by atoms with van der Waals surface area (Å²) < 4.78 is 40.8. The van der Waals surface area contributed by atoms with Gasteiger partial charge in [0.05, 0.1) is 9.37 Å². The highest BCUT2D eigenvalue weighted by Crippen LogP contribution is 2.48. The molecule has 5 nitrogen and oxygen atoms in total. The van der Waals surface area contributed by atoms with E-state index in [1.54, 1.807) is 4.90 Å². The minimum Gasteiger partial charge on any atom is -0.340 e.